The number of halogens is 1. The van der Waals surface area contributed by atoms with Crippen LogP contribution in [0.15, 0.2) is 48.5 Å². The van der Waals surface area contributed by atoms with Gasteiger partial charge in [0.05, 0.1) is 13.2 Å². The fourth-order valence-electron chi connectivity index (χ4n) is 3.59. The number of aromatic nitrogens is 1. The highest BCUT2D eigenvalue weighted by Crippen LogP contribution is 2.38. The highest BCUT2D eigenvalue weighted by Gasteiger charge is 2.32. The summed E-state index contributed by atoms with van der Waals surface area (Å²) in [7, 11) is 0. The van der Waals surface area contributed by atoms with E-state index in [9.17, 15) is 4.79 Å². The van der Waals surface area contributed by atoms with Gasteiger partial charge in [0, 0.05) is 39.6 Å². The lowest BCUT2D eigenvalue weighted by atomic mass is 9.89. The number of benzene rings is 2. The van der Waals surface area contributed by atoms with Crippen LogP contribution in [0.25, 0.3) is 10.9 Å². The van der Waals surface area contributed by atoms with Crippen LogP contribution in [-0.4, -0.2) is 29.1 Å². The minimum Gasteiger partial charge on any atom is -0.450 e. The molecule has 0 bridgehead atoms. The Kier molecular flexibility index (Phi) is 4.14. The molecule has 2 heterocycles. The average molecular weight is 355 g/mol. The van der Waals surface area contributed by atoms with Gasteiger partial charge in [0.2, 0.25) is 0 Å². The number of amides is 1. The Bertz CT molecular complexity index is 920. The molecule has 4 rings (SSSR count). The Morgan fingerprint density at radius 2 is 2.08 bits per heavy atom. The summed E-state index contributed by atoms with van der Waals surface area (Å²) in [6, 6.07) is 16.1. The van der Waals surface area contributed by atoms with E-state index in [0.29, 0.717) is 24.7 Å². The van der Waals surface area contributed by atoms with Gasteiger partial charge >= 0.3 is 6.09 Å². The van der Waals surface area contributed by atoms with Gasteiger partial charge in [-0.3, -0.25) is 0 Å². The van der Waals surface area contributed by atoms with Crippen LogP contribution in [0.1, 0.15) is 29.7 Å². The van der Waals surface area contributed by atoms with Gasteiger partial charge in [-0.15, -0.1) is 0 Å². The van der Waals surface area contributed by atoms with Crippen molar-refractivity contribution in [1.29, 1.82) is 0 Å². The molecule has 1 unspecified atom stereocenters. The molecule has 1 N–H and O–H groups in total. The summed E-state index contributed by atoms with van der Waals surface area (Å²) in [5, 5.41) is 1.76. The Labute approximate surface area is 151 Å². The van der Waals surface area contributed by atoms with E-state index >= 15 is 0 Å². The summed E-state index contributed by atoms with van der Waals surface area (Å²) in [5.74, 6) is 0.0838. The van der Waals surface area contributed by atoms with Crippen LogP contribution < -0.4 is 0 Å². The molecule has 1 atom stereocenters. The van der Waals surface area contributed by atoms with Gasteiger partial charge in [0.1, 0.15) is 0 Å². The molecule has 2 aromatic carbocycles. The molecule has 25 heavy (non-hydrogen) atoms. The molecule has 0 aliphatic carbocycles. The molecular formula is C20H19ClN2O2. The van der Waals surface area contributed by atoms with Gasteiger partial charge in [-0.25, -0.2) is 4.79 Å². The molecule has 0 spiro atoms. The summed E-state index contributed by atoms with van der Waals surface area (Å²) < 4.78 is 5.24. The minimum absolute atomic E-state index is 0.0838. The maximum absolute atomic E-state index is 12.4. The number of hydrogen-bond acceptors (Lipinski definition) is 2. The number of aromatic amines is 1. The van der Waals surface area contributed by atoms with Crippen LogP contribution in [0.5, 0.6) is 0 Å². The van der Waals surface area contributed by atoms with E-state index in [1.54, 1.807) is 4.90 Å². The number of ether oxygens (including phenoxy) is 1. The van der Waals surface area contributed by atoms with E-state index in [-0.39, 0.29) is 12.0 Å². The topological polar surface area (TPSA) is 45.3 Å². The van der Waals surface area contributed by atoms with Crippen molar-refractivity contribution in [3.05, 3.63) is 70.4 Å². The van der Waals surface area contributed by atoms with Crippen LogP contribution >= 0.6 is 11.6 Å². The third-order valence-corrected chi connectivity index (χ3v) is 4.96. The molecule has 1 amide bonds. The van der Waals surface area contributed by atoms with Crippen LogP contribution in [0.2, 0.25) is 5.02 Å². The summed E-state index contributed by atoms with van der Waals surface area (Å²) in [5.41, 5.74) is 4.49. The fourth-order valence-corrected chi connectivity index (χ4v) is 3.76. The number of fused-ring (bicyclic) bond motifs is 3. The number of hydrogen-bond donors (Lipinski definition) is 1. The molecule has 1 aromatic heterocycles. The standard InChI is InChI=1S/C20H19ClN2O2/c1-2-25-20(24)23-11-16(13-6-4-3-5-7-13)19-17(12-23)15-10-14(21)8-9-18(15)22-19/h3-10,16,22H,2,11-12H2,1H3. The number of carbonyl (C=O) groups is 1. The zero-order valence-electron chi connectivity index (χ0n) is 14.0. The van der Waals surface area contributed by atoms with Crippen molar-refractivity contribution < 1.29 is 9.53 Å². The molecule has 1 aliphatic rings. The van der Waals surface area contributed by atoms with Crippen LogP contribution in [0.4, 0.5) is 4.79 Å². The highest BCUT2D eigenvalue weighted by atomic mass is 35.5. The summed E-state index contributed by atoms with van der Waals surface area (Å²) >= 11 is 6.20. The van der Waals surface area contributed by atoms with Gasteiger partial charge in [0.15, 0.2) is 0 Å². The van der Waals surface area contributed by atoms with Crippen LogP contribution in [0.3, 0.4) is 0 Å². The van der Waals surface area contributed by atoms with Crippen molar-refractivity contribution in [1.82, 2.24) is 9.88 Å². The normalized spacial score (nSPS) is 16.7. The van der Waals surface area contributed by atoms with Gasteiger partial charge < -0.3 is 14.6 Å². The van der Waals surface area contributed by atoms with Gasteiger partial charge in [0.25, 0.3) is 0 Å². The molecule has 3 aromatic rings. The number of H-pyrrole nitrogens is 1. The number of rotatable bonds is 2. The van der Waals surface area contributed by atoms with Crippen molar-refractivity contribution in [2.45, 2.75) is 19.4 Å². The lowest BCUT2D eigenvalue weighted by Gasteiger charge is -2.32. The molecule has 0 saturated heterocycles. The summed E-state index contributed by atoms with van der Waals surface area (Å²) in [6.07, 6.45) is -0.273. The van der Waals surface area contributed by atoms with Crippen molar-refractivity contribution in [2.24, 2.45) is 0 Å². The molecule has 5 heteroatoms. The second-order valence-electron chi connectivity index (χ2n) is 6.25. The lowest BCUT2D eigenvalue weighted by Crippen LogP contribution is -2.38. The Morgan fingerprint density at radius 3 is 2.84 bits per heavy atom. The van der Waals surface area contributed by atoms with Gasteiger partial charge in [-0.05, 0) is 30.7 Å². The maximum Gasteiger partial charge on any atom is 0.410 e. The first kappa shape index (κ1) is 16.0. The summed E-state index contributed by atoms with van der Waals surface area (Å²) in [6.45, 7) is 3.32. The second kappa shape index (κ2) is 6.45. The molecule has 0 radical (unpaired) electrons. The lowest BCUT2D eigenvalue weighted by molar-refractivity contribution is 0.100. The van der Waals surface area contributed by atoms with E-state index in [2.05, 4.69) is 17.1 Å². The smallest absolute Gasteiger partial charge is 0.410 e. The molecular weight excluding hydrogens is 336 g/mol. The Balaban J connectivity index is 1.85. The van der Waals surface area contributed by atoms with Gasteiger partial charge in [-0.2, -0.15) is 0 Å². The van der Waals surface area contributed by atoms with Crippen LogP contribution in [-0.2, 0) is 11.3 Å². The van der Waals surface area contributed by atoms with E-state index in [0.717, 1.165) is 22.2 Å². The molecule has 0 saturated carbocycles. The SMILES string of the molecule is CCOC(=O)N1Cc2c([nH]c3ccc(Cl)cc23)C(c2ccccc2)C1. The summed E-state index contributed by atoms with van der Waals surface area (Å²) in [4.78, 5) is 17.7. The fraction of sp³-hybridized carbons (Fsp3) is 0.250. The highest BCUT2D eigenvalue weighted by molar-refractivity contribution is 6.31. The van der Waals surface area contributed by atoms with Crippen molar-refractivity contribution in [3.63, 3.8) is 0 Å². The van der Waals surface area contributed by atoms with Gasteiger partial charge in [-0.1, -0.05) is 41.9 Å². The molecule has 0 fully saturated rings. The number of nitrogens with zero attached hydrogens (tertiary/aromatic N) is 1. The van der Waals surface area contributed by atoms with E-state index < -0.39 is 0 Å². The molecule has 4 nitrogen and oxygen atoms in total. The zero-order valence-corrected chi connectivity index (χ0v) is 14.7. The van der Waals surface area contributed by atoms with Crippen molar-refractivity contribution in [2.75, 3.05) is 13.2 Å². The Morgan fingerprint density at radius 1 is 1.28 bits per heavy atom. The van der Waals surface area contributed by atoms with Crippen LogP contribution in [0, 0.1) is 0 Å². The first-order valence-corrected chi connectivity index (χ1v) is 8.81. The predicted molar refractivity (Wildman–Crippen MR) is 99.0 cm³/mol. The van der Waals surface area contributed by atoms with Crippen molar-refractivity contribution >= 4 is 28.6 Å². The largest absolute Gasteiger partial charge is 0.450 e. The minimum atomic E-state index is -0.273. The molecule has 1 aliphatic heterocycles. The third-order valence-electron chi connectivity index (χ3n) is 4.73. The average Bonchev–Trinajstić information content (AvgIpc) is 3.00. The van der Waals surface area contributed by atoms with E-state index in [1.165, 1.54) is 5.56 Å². The third kappa shape index (κ3) is 2.87. The molecule has 128 valence electrons. The quantitative estimate of drug-likeness (QED) is 0.709. The number of nitrogens with one attached hydrogen (secondary N) is 1. The second-order valence-corrected chi connectivity index (χ2v) is 6.69. The van der Waals surface area contributed by atoms with E-state index in [4.69, 9.17) is 16.3 Å². The van der Waals surface area contributed by atoms with Crippen molar-refractivity contribution in [3.8, 4) is 0 Å². The Hall–Kier alpha value is -2.46. The number of carbonyl (C=O) groups excluding carboxylic acids is 1. The first-order chi connectivity index (χ1) is 12.2. The monoisotopic (exact) mass is 354 g/mol. The predicted octanol–water partition coefficient (Wildman–Crippen LogP) is 4.93. The zero-order chi connectivity index (χ0) is 17.4. The first-order valence-electron chi connectivity index (χ1n) is 8.44. The maximum atomic E-state index is 12.4. The van der Waals surface area contributed by atoms with E-state index in [1.807, 2.05) is 43.3 Å².